The molecule has 1 aliphatic heterocycles. The van der Waals surface area contributed by atoms with E-state index in [0.29, 0.717) is 13.2 Å². The minimum absolute atomic E-state index is 0.219. The predicted octanol–water partition coefficient (Wildman–Crippen LogP) is 4.14. The Hall–Kier alpha value is -2.26. The van der Waals surface area contributed by atoms with Gasteiger partial charge >= 0.3 is 5.97 Å². The molecule has 0 aliphatic carbocycles. The van der Waals surface area contributed by atoms with Gasteiger partial charge in [-0.3, -0.25) is 4.79 Å². The number of thiazole rings is 1. The van der Waals surface area contributed by atoms with Crippen LogP contribution in [-0.4, -0.2) is 37.2 Å². The van der Waals surface area contributed by atoms with Crippen LogP contribution in [0.5, 0.6) is 0 Å². The Labute approximate surface area is 184 Å². The molecule has 0 unspecified atom stereocenters. The highest BCUT2D eigenvalue weighted by Gasteiger charge is 2.24. The number of anilines is 1. The van der Waals surface area contributed by atoms with Gasteiger partial charge in [-0.05, 0) is 44.0 Å². The van der Waals surface area contributed by atoms with Crippen molar-refractivity contribution in [1.29, 1.82) is 0 Å². The summed E-state index contributed by atoms with van der Waals surface area (Å²) in [5.41, 5.74) is 4.58. The standard InChI is InChI=1S/C22H26N4O2S2/c1-3-28-19(27)13-24-10-8-14(2)25-21-20(15-9-11-23-12-18(15)30-21)22-26-16-6-4-5-7-17(16)29-22/h4-7,23-25H,2-3,8-13H2,1H3. The van der Waals surface area contributed by atoms with Crippen molar-refractivity contribution in [3.63, 3.8) is 0 Å². The van der Waals surface area contributed by atoms with Gasteiger partial charge in [0.25, 0.3) is 0 Å². The first-order valence-electron chi connectivity index (χ1n) is 10.2. The molecule has 158 valence electrons. The summed E-state index contributed by atoms with van der Waals surface area (Å²) in [5.74, 6) is -0.229. The van der Waals surface area contributed by atoms with Crippen LogP contribution in [0.1, 0.15) is 23.8 Å². The molecule has 0 radical (unpaired) electrons. The number of hydrogen-bond acceptors (Lipinski definition) is 8. The Kier molecular flexibility index (Phi) is 6.79. The first-order chi connectivity index (χ1) is 14.7. The van der Waals surface area contributed by atoms with Gasteiger partial charge in [-0.1, -0.05) is 18.7 Å². The van der Waals surface area contributed by atoms with Crippen molar-refractivity contribution >= 4 is 43.9 Å². The summed E-state index contributed by atoms with van der Waals surface area (Å²) in [7, 11) is 0. The predicted molar refractivity (Wildman–Crippen MR) is 125 cm³/mol. The van der Waals surface area contributed by atoms with Crippen LogP contribution >= 0.6 is 22.7 Å². The highest BCUT2D eigenvalue weighted by atomic mass is 32.1. The van der Waals surface area contributed by atoms with Gasteiger partial charge in [0.15, 0.2) is 0 Å². The lowest BCUT2D eigenvalue weighted by molar-refractivity contribution is -0.141. The fraction of sp³-hybridized carbons (Fsp3) is 0.364. The molecule has 0 bridgehead atoms. The zero-order chi connectivity index (χ0) is 20.9. The molecule has 8 heteroatoms. The third-order valence-electron chi connectivity index (χ3n) is 4.90. The van der Waals surface area contributed by atoms with Gasteiger partial charge in [-0.15, -0.1) is 22.7 Å². The van der Waals surface area contributed by atoms with E-state index in [1.54, 1.807) is 22.7 Å². The van der Waals surface area contributed by atoms with Crippen molar-refractivity contribution in [2.75, 3.05) is 31.6 Å². The molecule has 0 saturated heterocycles. The van der Waals surface area contributed by atoms with E-state index in [1.807, 2.05) is 13.0 Å². The average Bonchev–Trinajstić information content (AvgIpc) is 3.31. The number of hydrogen-bond donors (Lipinski definition) is 3. The number of para-hydroxylation sites is 1. The fourth-order valence-electron chi connectivity index (χ4n) is 3.49. The summed E-state index contributed by atoms with van der Waals surface area (Å²) < 4.78 is 6.13. The quantitative estimate of drug-likeness (QED) is 0.342. The third kappa shape index (κ3) is 4.73. The van der Waals surface area contributed by atoms with Crippen LogP contribution in [0.2, 0.25) is 0 Å². The van der Waals surface area contributed by atoms with Crippen LogP contribution < -0.4 is 16.0 Å². The molecule has 0 spiro atoms. The Bertz CT molecular complexity index is 1020. The lowest BCUT2D eigenvalue weighted by Crippen LogP contribution is -2.26. The summed E-state index contributed by atoms with van der Waals surface area (Å²) in [5, 5.41) is 12.3. The van der Waals surface area contributed by atoms with E-state index in [4.69, 9.17) is 9.72 Å². The lowest BCUT2D eigenvalue weighted by atomic mass is 10.0. The number of thiophene rings is 1. The van der Waals surface area contributed by atoms with Crippen LogP contribution in [0, 0.1) is 0 Å². The summed E-state index contributed by atoms with van der Waals surface area (Å²) in [6.45, 7) is 9.17. The van der Waals surface area contributed by atoms with Crippen LogP contribution in [0.4, 0.5) is 5.00 Å². The zero-order valence-electron chi connectivity index (χ0n) is 17.0. The maximum Gasteiger partial charge on any atom is 0.319 e. The molecule has 6 nitrogen and oxygen atoms in total. The van der Waals surface area contributed by atoms with Crippen molar-refractivity contribution in [2.45, 2.75) is 26.3 Å². The number of aromatic nitrogens is 1. The van der Waals surface area contributed by atoms with Crippen molar-refractivity contribution in [2.24, 2.45) is 0 Å². The average molecular weight is 443 g/mol. The van der Waals surface area contributed by atoms with E-state index >= 15 is 0 Å². The van der Waals surface area contributed by atoms with Gasteiger partial charge in [0.05, 0.1) is 23.4 Å². The number of esters is 1. The fourth-order valence-corrected chi connectivity index (χ4v) is 5.87. The van der Waals surface area contributed by atoms with E-state index < -0.39 is 0 Å². The second-order valence-electron chi connectivity index (χ2n) is 7.08. The number of nitrogens with one attached hydrogen (secondary N) is 3. The highest BCUT2D eigenvalue weighted by Crippen LogP contribution is 2.45. The van der Waals surface area contributed by atoms with Crippen LogP contribution in [-0.2, 0) is 22.5 Å². The van der Waals surface area contributed by atoms with E-state index in [1.165, 1.54) is 20.7 Å². The Morgan fingerprint density at radius 2 is 2.20 bits per heavy atom. The second kappa shape index (κ2) is 9.70. The number of carbonyl (C=O) groups excluding carboxylic acids is 1. The van der Waals surface area contributed by atoms with Gasteiger partial charge in [0, 0.05) is 29.2 Å². The van der Waals surface area contributed by atoms with Gasteiger partial charge in [-0.2, -0.15) is 0 Å². The van der Waals surface area contributed by atoms with Crippen molar-refractivity contribution in [3.05, 3.63) is 47.0 Å². The number of carbonyl (C=O) groups is 1. The smallest absolute Gasteiger partial charge is 0.319 e. The molecule has 0 amide bonds. The molecule has 2 aromatic heterocycles. The molecule has 3 aromatic rings. The van der Waals surface area contributed by atoms with E-state index in [2.05, 4.69) is 40.7 Å². The SMILES string of the molecule is C=C(CCNCC(=O)OCC)Nc1sc2c(c1-c1nc3ccccc3s1)CCNC2. The van der Waals surface area contributed by atoms with E-state index in [0.717, 1.165) is 47.2 Å². The number of benzene rings is 1. The molecular weight excluding hydrogens is 416 g/mol. The molecule has 30 heavy (non-hydrogen) atoms. The third-order valence-corrected chi connectivity index (χ3v) is 7.11. The summed E-state index contributed by atoms with van der Waals surface area (Å²) in [6, 6.07) is 8.28. The second-order valence-corrected chi connectivity index (χ2v) is 9.22. The maximum atomic E-state index is 11.4. The van der Waals surface area contributed by atoms with Crippen LogP contribution in [0.15, 0.2) is 36.5 Å². The Morgan fingerprint density at radius 1 is 1.33 bits per heavy atom. The number of nitrogens with zero attached hydrogens (tertiary/aromatic N) is 1. The highest BCUT2D eigenvalue weighted by molar-refractivity contribution is 7.22. The molecule has 1 aliphatic rings. The monoisotopic (exact) mass is 442 g/mol. The molecule has 4 rings (SSSR count). The topological polar surface area (TPSA) is 75.3 Å². The molecule has 3 heterocycles. The first-order valence-corrected chi connectivity index (χ1v) is 11.8. The number of fused-ring (bicyclic) bond motifs is 2. The van der Waals surface area contributed by atoms with Gasteiger partial charge in [0.1, 0.15) is 10.0 Å². The Morgan fingerprint density at radius 3 is 3.03 bits per heavy atom. The zero-order valence-corrected chi connectivity index (χ0v) is 18.7. The summed E-state index contributed by atoms with van der Waals surface area (Å²) in [6.07, 6.45) is 1.73. The molecule has 0 saturated carbocycles. The van der Waals surface area contributed by atoms with Gasteiger partial charge in [0.2, 0.25) is 0 Å². The van der Waals surface area contributed by atoms with Gasteiger partial charge < -0.3 is 20.7 Å². The molecule has 0 atom stereocenters. The first kappa shape index (κ1) is 21.0. The molecule has 1 aromatic carbocycles. The minimum Gasteiger partial charge on any atom is -0.465 e. The summed E-state index contributed by atoms with van der Waals surface area (Å²) >= 11 is 3.52. The van der Waals surface area contributed by atoms with Crippen LogP contribution in [0.3, 0.4) is 0 Å². The van der Waals surface area contributed by atoms with E-state index in [-0.39, 0.29) is 12.5 Å². The van der Waals surface area contributed by atoms with Gasteiger partial charge in [-0.25, -0.2) is 4.98 Å². The molecular formula is C22H26N4O2S2. The molecule has 3 N–H and O–H groups in total. The van der Waals surface area contributed by atoms with E-state index in [9.17, 15) is 4.79 Å². The molecule has 0 fully saturated rings. The van der Waals surface area contributed by atoms with Crippen molar-refractivity contribution in [3.8, 4) is 10.6 Å². The lowest BCUT2D eigenvalue weighted by Gasteiger charge is -2.13. The van der Waals surface area contributed by atoms with Crippen LogP contribution in [0.25, 0.3) is 20.8 Å². The number of ether oxygens (including phenoxy) is 1. The normalized spacial score (nSPS) is 13.2. The number of rotatable bonds is 9. The van der Waals surface area contributed by atoms with Crippen molar-refractivity contribution in [1.82, 2.24) is 15.6 Å². The maximum absolute atomic E-state index is 11.4. The largest absolute Gasteiger partial charge is 0.465 e. The minimum atomic E-state index is -0.229. The Balaban J connectivity index is 1.50. The van der Waals surface area contributed by atoms with Crippen molar-refractivity contribution < 1.29 is 9.53 Å². The summed E-state index contributed by atoms with van der Waals surface area (Å²) in [4.78, 5) is 17.7.